The van der Waals surface area contributed by atoms with Gasteiger partial charge in [-0.2, -0.15) is 0 Å². The van der Waals surface area contributed by atoms with Crippen LogP contribution in [0.15, 0.2) is 77.7 Å². The second kappa shape index (κ2) is 12.7. The minimum atomic E-state index is -0.333. The van der Waals surface area contributed by atoms with Crippen molar-refractivity contribution in [2.75, 3.05) is 14.2 Å². The average Bonchev–Trinajstić information content (AvgIpc) is 3.67. The number of aromatic nitrogens is 1. The molecular formula is C36H38N4O6. The predicted molar refractivity (Wildman–Crippen MR) is 179 cm³/mol. The molecular weight excluding hydrogens is 584 g/mol. The van der Waals surface area contributed by atoms with Gasteiger partial charge in [0.25, 0.3) is 0 Å². The van der Waals surface area contributed by atoms with Crippen LogP contribution in [0, 0.1) is 6.92 Å². The molecule has 5 rings (SSSR count). The smallest absolute Gasteiger partial charge is 0.305 e. The molecule has 0 aliphatic carbocycles. The molecule has 0 unspecified atom stereocenters. The molecule has 46 heavy (non-hydrogen) atoms. The van der Waals surface area contributed by atoms with Crippen LogP contribution in [0.3, 0.4) is 0 Å². The van der Waals surface area contributed by atoms with Crippen LogP contribution in [-0.2, 0) is 23.9 Å². The Kier molecular flexibility index (Phi) is 8.92. The summed E-state index contributed by atoms with van der Waals surface area (Å²) in [5.41, 5.74) is 9.97. The van der Waals surface area contributed by atoms with E-state index in [0.29, 0.717) is 68.9 Å². The molecule has 0 aromatic carbocycles. The Morgan fingerprint density at radius 2 is 1.28 bits per heavy atom. The van der Waals surface area contributed by atoms with Crippen molar-refractivity contribution in [2.45, 2.75) is 67.2 Å². The molecule has 0 fully saturated rings. The molecule has 0 saturated carbocycles. The summed E-state index contributed by atoms with van der Waals surface area (Å²) in [5.74, 6) is -0.646. The number of Topliss-reactive ketones (excluding diaryl/α,β-unsaturated/α-hetero) is 1. The highest BCUT2D eigenvalue weighted by molar-refractivity contribution is 6.24. The van der Waals surface area contributed by atoms with Crippen LogP contribution >= 0.6 is 0 Å². The van der Waals surface area contributed by atoms with E-state index < -0.39 is 0 Å². The molecule has 0 spiro atoms. The largest absolute Gasteiger partial charge is 0.512 e. The summed E-state index contributed by atoms with van der Waals surface area (Å²) in [6.07, 6.45) is 8.59. The third kappa shape index (κ3) is 5.94. The quantitative estimate of drug-likeness (QED) is 0.422. The van der Waals surface area contributed by atoms with Gasteiger partial charge < -0.3 is 19.6 Å². The Hall–Kier alpha value is -5.12. The van der Waals surface area contributed by atoms with Crippen LogP contribution < -0.4 is 10.6 Å². The van der Waals surface area contributed by atoms with Gasteiger partial charge in [-0.1, -0.05) is 0 Å². The Morgan fingerprint density at radius 3 is 1.89 bits per heavy atom. The highest BCUT2D eigenvalue weighted by Gasteiger charge is 2.28. The maximum absolute atomic E-state index is 12.9. The molecule has 8 bridgehead atoms. The van der Waals surface area contributed by atoms with E-state index in [1.807, 2.05) is 52.0 Å². The standard InChI is InChI=1S/C36H38N4O6/c1-17-23(9-11-33(43)45-7)29-16-30-24(10-12-34(44)46-8)18(2)26(38-30)14-31-36(22(6)42)20(4)28(40-31)15-32-35(21(5)41)19(3)27(39-32)13-25(17)37-29/h13-16,40,42H,9-12H2,1-8H3/b25-13?,30-16?,31-14?,32-15?,36-22+. The molecule has 1 aromatic rings. The number of aliphatic imine (C=N–C) groups is 3. The number of methoxy groups -OCH3 is 2. The third-order valence-electron chi connectivity index (χ3n) is 8.78. The van der Waals surface area contributed by atoms with Crippen molar-refractivity contribution in [3.8, 4) is 0 Å². The molecule has 0 saturated heterocycles. The van der Waals surface area contributed by atoms with Gasteiger partial charge in [-0.3, -0.25) is 14.4 Å². The van der Waals surface area contributed by atoms with Crippen molar-refractivity contribution < 1.29 is 29.0 Å². The van der Waals surface area contributed by atoms with Crippen molar-refractivity contribution in [1.29, 1.82) is 0 Å². The summed E-state index contributed by atoms with van der Waals surface area (Å²) in [6.45, 7) is 10.8. The number of allylic oxidation sites excluding steroid dienone is 8. The molecule has 0 amide bonds. The summed E-state index contributed by atoms with van der Waals surface area (Å²) >= 11 is 0. The topological polar surface area (TPSA) is 143 Å². The zero-order valence-corrected chi connectivity index (χ0v) is 27.5. The first-order valence-electron chi connectivity index (χ1n) is 15.1. The second-order valence-corrected chi connectivity index (χ2v) is 11.7. The molecule has 1 aromatic heterocycles. The lowest BCUT2D eigenvalue weighted by atomic mass is 9.96. The van der Waals surface area contributed by atoms with Gasteiger partial charge in [-0.25, -0.2) is 15.0 Å². The number of hydrogen-bond acceptors (Lipinski definition) is 9. The van der Waals surface area contributed by atoms with E-state index in [0.717, 1.165) is 33.4 Å². The SMILES string of the molecule is COC(=O)CCC1=C(C)C2=NC1=CC1=NC(=CC3=NC(=Cc4[nH]c(/c(=C(\C)O)c4C)=C2)C(C(C)=O)=C3C)C(C)=C1CCC(=O)OC. The van der Waals surface area contributed by atoms with Gasteiger partial charge in [0, 0.05) is 29.3 Å². The van der Waals surface area contributed by atoms with Crippen LogP contribution in [0.25, 0.3) is 17.9 Å². The summed E-state index contributed by atoms with van der Waals surface area (Å²) in [5, 5.41) is 12.0. The molecule has 5 heterocycles. The zero-order chi connectivity index (χ0) is 33.4. The minimum Gasteiger partial charge on any atom is -0.512 e. The van der Waals surface area contributed by atoms with E-state index >= 15 is 0 Å². The average molecular weight is 623 g/mol. The number of H-pyrrole nitrogens is 1. The number of ether oxygens (including phenoxy) is 2. The predicted octanol–water partition coefficient (Wildman–Crippen LogP) is 4.72. The fourth-order valence-electron chi connectivity index (χ4n) is 6.23. The van der Waals surface area contributed by atoms with Crippen LogP contribution in [0.1, 0.15) is 71.6 Å². The fourth-order valence-corrected chi connectivity index (χ4v) is 6.23. The molecule has 0 radical (unpaired) electrons. The van der Waals surface area contributed by atoms with E-state index in [9.17, 15) is 19.5 Å². The number of carbonyl (C=O) groups excluding carboxylic acids is 3. The third-order valence-corrected chi connectivity index (χ3v) is 8.78. The lowest BCUT2D eigenvalue weighted by molar-refractivity contribution is -0.141. The lowest BCUT2D eigenvalue weighted by Gasteiger charge is -2.08. The maximum Gasteiger partial charge on any atom is 0.305 e. The lowest BCUT2D eigenvalue weighted by Crippen LogP contribution is -2.27. The number of aliphatic hydroxyl groups excluding tert-OH is 1. The van der Waals surface area contributed by atoms with E-state index in [-0.39, 0.29) is 36.3 Å². The van der Waals surface area contributed by atoms with Crippen LogP contribution in [0.2, 0.25) is 0 Å². The van der Waals surface area contributed by atoms with Crippen LogP contribution in [-0.4, -0.2) is 59.2 Å². The number of ketones is 1. The summed E-state index contributed by atoms with van der Waals surface area (Å²) in [7, 11) is 2.73. The Morgan fingerprint density at radius 1 is 0.717 bits per heavy atom. The molecule has 4 aliphatic rings. The summed E-state index contributed by atoms with van der Waals surface area (Å²) in [4.78, 5) is 55.5. The van der Waals surface area contributed by atoms with Gasteiger partial charge in [0.2, 0.25) is 0 Å². The Bertz CT molecular complexity index is 2010. The van der Waals surface area contributed by atoms with Gasteiger partial charge in [0.15, 0.2) is 5.78 Å². The number of aliphatic hydroxyl groups is 1. The monoisotopic (exact) mass is 622 g/mol. The zero-order valence-electron chi connectivity index (χ0n) is 27.5. The molecule has 10 heteroatoms. The first-order chi connectivity index (χ1) is 21.8. The number of aromatic amines is 1. The fraction of sp³-hybridized carbons (Fsp3) is 0.333. The number of hydrogen-bond donors (Lipinski definition) is 2. The Labute approximate surface area is 267 Å². The molecule has 0 atom stereocenters. The van der Waals surface area contributed by atoms with E-state index in [1.165, 1.54) is 21.1 Å². The maximum atomic E-state index is 12.9. The van der Waals surface area contributed by atoms with E-state index in [4.69, 9.17) is 24.5 Å². The van der Waals surface area contributed by atoms with Crippen molar-refractivity contribution in [3.05, 3.63) is 84.5 Å². The highest BCUT2D eigenvalue weighted by Crippen LogP contribution is 2.36. The van der Waals surface area contributed by atoms with Crippen molar-refractivity contribution in [3.63, 3.8) is 0 Å². The van der Waals surface area contributed by atoms with Crippen molar-refractivity contribution >= 4 is 52.8 Å². The van der Waals surface area contributed by atoms with Gasteiger partial charge in [-0.05, 0) is 112 Å². The summed E-state index contributed by atoms with van der Waals surface area (Å²) < 4.78 is 9.83. The number of esters is 2. The van der Waals surface area contributed by atoms with Crippen molar-refractivity contribution in [1.82, 2.24) is 4.98 Å². The van der Waals surface area contributed by atoms with Crippen LogP contribution in [0.5, 0.6) is 0 Å². The van der Waals surface area contributed by atoms with Crippen LogP contribution in [0.4, 0.5) is 0 Å². The number of fused-ring (bicyclic) bond motifs is 5. The van der Waals surface area contributed by atoms with E-state index in [2.05, 4.69) is 4.98 Å². The molecule has 4 aliphatic heterocycles. The number of nitrogens with one attached hydrogen (secondary N) is 1. The minimum absolute atomic E-state index is 0.113. The normalized spacial score (nSPS) is 18.0. The molecule has 238 valence electrons. The molecule has 2 N–H and O–H groups in total. The van der Waals surface area contributed by atoms with Crippen molar-refractivity contribution in [2.24, 2.45) is 15.0 Å². The number of rotatable bonds is 7. The van der Waals surface area contributed by atoms with Gasteiger partial charge in [0.1, 0.15) is 0 Å². The molecule has 10 nitrogen and oxygen atoms in total. The highest BCUT2D eigenvalue weighted by atomic mass is 16.5. The van der Waals surface area contributed by atoms with Gasteiger partial charge in [-0.15, -0.1) is 0 Å². The van der Waals surface area contributed by atoms with E-state index in [1.54, 1.807) is 6.92 Å². The second-order valence-electron chi connectivity index (χ2n) is 11.7. The van der Waals surface area contributed by atoms with Gasteiger partial charge >= 0.3 is 11.9 Å². The summed E-state index contributed by atoms with van der Waals surface area (Å²) in [6, 6.07) is 0. The Balaban J connectivity index is 1.83. The van der Waals surface area contributed by atoms with Gasteiger partial charge in [0.05, 0.1) is 59.6 Å². The first kappa shape index (κ1) is 32.3. The first-order valence-corrected chi connectivity index (χ1v) is 15.1. The number of nitrogens with zero attached hydrogens (tertiary/aromatic N) is 3. The number of carbonyl (C=O) groups is 3.